The molecule has 2 aromatic rings. The highest BCUT2D eigenvalue weighted by atomic mass is 35.5. The summed E-state index contributed by atoms with van der Waals surface area (Å²) < 4.78 is 1.71. The van der Waals surface area contributed by atoms with Gasteiger partial charge in [0.05, 0.1) is 0 Å². The van der Waals surface area contributed by atoms with Crippen LogP contribution in [0, 0.1) is 5.92 Å². The fourth-order valence-electron chi connectivity index (χ4n) is 3.10. The maximum Gasteiger partial charge on any atom is 0.255 e. The van der Waals surface area contributed by atoms with E-state index in [2.05, 4.69) is 27.3 Å². The molecule has 108 valence electrons. The lowest BCUT2D eigenvalue weighted by atomic mass is 9.83. The van der Waals surface area contributed by atoms with Crippen LogP contribution < -0.4 is 5.32 Å². The molecule has 1 aliphatic carbocycles. The summed E-state index contributed by atoms with van der Waals surface area (Å²) in [4.78, 5) is 8.23. The van der Waals surface area contributed by atoms with Crippen LogP contribution in [-0.2, 0) is 0 Å². The van der Waals surface area contributed by atoms with Gasteiger partial charge in [-0.2, -0.15) is 19.6 Å². The number of nitrogens with zero attached hydrogens (tertiary/aromatic N) is 4. The molecule has 1 fully saturated rings. The van der Waals surface area contributed by atoms with Crippen molar-refractivity contribution in [1.82, 2.24) is 19.6 Å². The maximum absolute atomic E-state index is 6.03. The molecule has 0 saturated heterocycles. The molecule has 0 aliphatic heterocycles. The van der Waals surface area contributed by atoms with E-state index in [0.717, 1.165) is 11.7 Å². The summed E-state index contributed by atoms with van der Waals surface area (Å²) in [7, 11) is 0. The zero-order valence-corrected chi connectivity index (χ0v) is 12.5. The third-order valence-corrected chi connectivity index (χ3v) is 4.31. The zero-order valence-electron chi connectivity index (χ0n) is 11.7. The quantitative estimate of drug-likeness (QED) is 0.876. The highest BCUT2D eigenvalue weighted by Gasteiger charge is 2.21. The van der Waals surface area contributed by atoms with E-state index in [-0.39, 0.29) is 0 Å². The van der Waals surface area contributed by atoms with Crippen molar-refractivity contribution in [3.8, 4) is 0 Å². The highest BCUT2D eigenvalue weighted by molar-refractivity contribution is 6.29. The van der Waals surface area contributed by atoms with Crippen LogP contribution in [0.5, 0.6) is 0 Å². The fraction of sp³-hybridized carbons (Fsp3) is 0.643. The first kappa shape index (κ1) is 13.6. The first-order chi connectivity index (χ1) is 9.76. The summed E-state index contributed by atoms with van der Waals surface area (Å²) in [6, 6.07) is 2.32. The third-order valence-electron chi connectivity index (χ3n) is 4.12. The predicted molar refractivity (Wildman–Crippen MR) is 80.1 cm³/mol. The lowest BCUT2D eigenvalue weighted by Gasteiger charge is -2.29. The second-order valence-electron chi connectivity index (χ2n) is 5.59. The van der Waals surface area contributed by atoms with Crippen molar-refractivity contribution in [2.45, 2.75) is 51.5 Å². The molecule has 0 bridgehead atoms. The normalized spacial score (nSPS) is 23.1. The van der Waals surface area contributed by atoms with Gasteiger partial charge in [-0.25, -0.2) is 0 Å². The molecular weight excluding hydrogens is 274 g/mol. The first-order valence-corrected chi connectivity index (χ1v) is 7.77. The van der Waals surface area contributed by atoms with Crippen LogP contribution in [0.15, 0.2) is 12.4 Å². The molecule has 2 aromatic heterocycles. The Bertz CT molecular complexity index is 574. The lowest BCUT2D eigenvalue weighted by Crippen LogP contribution is -2.27. The van der Waals surface area contributed by atoms with E-state index in [0.29, 0.717) is 17.0 Å². The monoisotopic (exact) mass is 293 g/mol. The van der Waals surface area contributed by atoms with Gasteiger partial charge < -0.3 is 5.32 Å². The van der Waals surface area contributed by atoms with Gasteiger partial charge in [0.25, 0.3) is 5.78 Å². The maximum atomic E-state index is 6.03. The van der Waals surface area contributed by atoms with Crippen molar-refractivity contribution in [3.63, 3.8) is 0 Å². The Morgan fingerprint density at radius 2 is 2.15 bits per heavy atom. The van der Waals surface area contributed by atoms with Gasteiger partial charge in [-0.15, -0.1) is 0 Å². The summed E-state index contributed by atoms with van der Waals surface area (Å²) >= 11 is 6.03. The molecule has 0 spiro atoms. The molecule has 0 unspecified atom stereocenters. The van der Waals surface area contributed by atoms with Gasteiger partial charge >= 0.3 is 0 Å². The van der Waals surface area contributed by atoms with E-state index in [1.54, 1.807) is 4.52 Å². The molecular formula is C14H20ClN5. The number of nitrogens with one attached hydrogen (secondary N) is 1. The molecule has 2 heterocycles. The Kier molecular flexibility index (Phi) is 4.05. The molecule has 0 radical (unpaired) electrons. The molecule has 5 nitrogen and oxygen atoms in total. The number of anilines is 1. The minimum atomic E-state index is 0.452. The van der Waals surface area contributed by atoms with Crippen molar-refractivity contribution in [2.24, 2.45) is 5.92 Å². The molecule has 1 saturated carbocycles. The molecule has 0 atom stereocenters. The van der Waals surface area contributed by atoms with Crippen molar-refractivity contribution >= 4 is 23.2 Å². The Morgan fingerprint density at radius 1 is 1.35 bits per heavy atom. The number of halogens is 1. The number of rotatable bonds is 4. The van der Waals surface area contributed by atoms with Crippen molar-refractivity contribution in [3.05, 3.63) is 17.5 Å². The van der Waals surface area contributed by atoms with E-state index < -0.39 is 0 Å². The molecule has 0 aromatic carbocycles. The number of hydrogen-bond acceptors (Lipinski definition) is 4. The Hall–Kier alpha value is -1.36. The standard InChI is InChI=1S/C14H20ClN5/c1-2-3-10-4-6-11(7-5-10)18-13-8-12(15)19-14-16-9-17-20(13)14/h8-11,18H,2-7H2,1H3. The first-order valence-electron chi connectivity index (χ1n) is 7.39. The number of fused-ring (bicyclic) bond motifs is 1. The van der Waals surface area contributed by atoms with Crippen LogP contribution in [0.1, 0.15) is 45.4 Å². The van der Waals surface area contributed by atoms with E-state index in [1.165, 1.54) is 44.9 Å². The number of hydrogen-bond donors (Lipinski definition) is 1. The molecule has 6 heteroatoms. The van der Waals surface area contributed by atoms with Crippen LogP contribution in [0.25, 0.3) is 5.78 Å². The SMILES string of the molecule is CCCC1CCC(Nc2cc(Cl)nc3ncnn23)CC1. The van der Waals surface area contributed by atoms with Gasteiger partial charge in [-0.05, 0) is 31.6 Å². The average molecular weight is 294 g/mol. The second kappa shape index (κ2) is 5.95. The largest absolute Gasteiger partial charge is 0.367 e. The summed E-state index contributed by atoms with van der Waals surface area (Å²) in [5, 5.41) is 8.19. The molecule has 1 N–H and O–H groups in total. The molecule has 3 rings (SSSR count). The van der Waals surface area contributed by atoms with Crippen LogP contribution in [0.2, 0.25) is 5.15 Å². The Labute approximate surface area is 123 Å². The fourth-order valence-corrected chi connectivity index (χ4v) is 3.28. The van der Waals surface area contributed by atoms with E-state index >= 15 is 0 Å². The van der Waals surface area contributed by atoms with Gasteiger partial charge in [0.15, 0.2) is 0 Å². The van der Waals surface area contributed by atoms with E-state index in [4.69, 9.17) is 11.6 Å². The summed E-state index contributed by atoms with van der Waals surface area (Å²) in [5.74, 6) is 2.33. The number of aromatic nitrogens is 4. The van der Waals surface area contributed by atoms with Crippen molar-refractivity contribution in [2.75, 3.05) is 5.32 Å². The Morgan fingerprint density at radius 3 is 2.90 bits per heavy atom. The molecule has 20 heavy (non-hydrogen) atoms. The zero-order chi connectivity index (χ0) is 13.9. The Balaban J connectivity index is 1.69. The van der Waals surface area contributed by atoms with Gasteiger partial charge in [0.1, 0.15) is 17.3 Å². The van der Waals surface area contributed by atoms with Gasteiger partial charge in [-0.3, -0.25) is 0 Å². The highest BCUT2D eigenvalue weighted by Crippen LogP contribution is 2.29. The van der Waals surface area contributed by atoms with Crippen LogP contribution in [0.4, 0.5) is 5.82 Å². The topological polar surface area (TPSA) is 55.1 Å². The van der Waals surface area contributed by atoms with Crippen LogP contribution in [0.3, 0.4) is 0 Å². The minimum absolute atomic E-state index is 0.452. The third kappa shape index (κ3) is 2.87. The summed E-state index contributed by atoms with van der Waals surface area (Å²) in [6.45, 7) is 2.27. The van der Waals surface area contributed by atoms with Gasteiger partial charge in [0.2, 0.25) is 0 Å². The predicted octanol–water partition coefficient (Wildman–Crippen LogP) is 3.55. The molecule has 1 aliphatic rings. The average Bonchev–Trinajstić information content (AvgIpc) is 2.89. The minimum Gasteiger partial charge on any atom is -0.367 e. The van der Waals surface area contributed by atoms with Crippen LogP contribution >= 0.6 is 11.6 Å². The smallest absolute Gasteiger partial charge is 0.255 e. The molecule has 0 amide bonds. The van der Waals surface area contributed by atoms with Crippen molar-refractivity contribution in [1.29, 1.82) is 0 Å². The van der Waals surface area contributed by atoms with E-state index in [1.807, 2.05) is 6.07 Å². The van der Waals surface area contributed by atoms with Gasteiger partial charge in [0, 0.05) is 12.1 Å². The summed E-state index contributed by atoms with van der Waals surface area (Å²) in [6.07, 6.45) is 9.20. The van der Waals surface area contributed by atoms with Crippen molar-refractivity contribution < 1.29 is 0 Å². The van der Waals surface area contributed by atoms with E-state index in [9.17, 15) is 0 Å². The summed E-state index contributed by atoms with van der Waals surface area (Å²) in [5.41, 5.74) is 0. The second-order valence-corrected chi connectivity index (χ2v) is 5.97. The van der Waals surface area contributed by atoms with Crippen LogP contribution in [-0.4, -0.2) is 25.6 Å². The lowest BCUT2D eigenvalue weighted by molar-refractivity contribution is 0.318. The van der Waals surface area contributed by atoms with Gasteiger partial charge in [-0.1, -0.05) is 31.4 Å².